The maximum absolute atomic E-state index is 13.3. The molecule has 5 aromatic carbocycles. The van der Waals surface area contributed by atoms with Crippen molar-refractivity contribution in [3.05, 3.63) is 137 Å². The number of rotatable bonds is 12. The Balaban J connectivity index is 0.00000374. The van der Waals surface area contributed by atoms with Crippen molar-refractivity contribution in [2.75, 3.05) is 23.3 Å². The Morgan fingerprint density at radius 2 is 1.30 bits per heavy atom. The van der Waals surface area contributed by atoms with E-state index in [9.17, 15) is 40.6 Å². The Labute approximate surface area is 412 Å². The monoisotopic (exact) mass is 905 g/mol. The van der Waals surface area contributed by atoms with Crippen LogP contribution in [0.4, 0.5) is 17.1 Å². The predicted octanol–water partition coefficient (Wildman–Crippen LogP) is 1.17. The third-order valence-electron chi connectivity index (χ3n) is 11.8. The molecule has 0 spiro atoms. The van der Waals surface area contributed by atoms with E-state index >= 15 is 0 Å². The second kappa shape index (κ2) is 18.9. The minimum Gasteiger partial charge on any atom is -0.744 e. The molecule has 0 fully saturated rings. The zero-order valence-electron chi connectivity index (χ0n) is 36.6. The van der Waals surface area contributed by atoms with Crippen LogP contribution in [0.5, 0.6) is 0 Å². The number of carbonyl (C=O) groups is 2. The predicted molar refractivity (Wildman–Crippen MR) is 232 cm³/mol. The van der Waals surface area contributed by atoms with Crippen LogP contribution < -0.4 is 74.4 Å². The average Bonchev–Trinajstić information content (AvgIpc) is 3.57. The first-order valence-corrected chi connectivity index (χ1v) is 22.7. The summed E-state index contributed by atoms with van der Waals surface area (Å²) in [5.41, 5.74) is 5.32. The van der Waals surface area contributed by atoms with Gasteiger partial charge in [-0.25, -0.2) is 16.8 Å². The summed E-state index contributed by atoms with van der Waals surface area (Å²) >= 11 is 0. The molecule has 0 radical (unpaired) electrons. The van der Waals surface area contributed by atoms with E-state index < -0.39 is 37.0 Å². The van der Waals surface area contributed by atoms with E-state index in [2.05, 4.69) is 42.5 Å². The summed E-state index contributed by atoms with van der Waals surface area (Å²) in [6, 6.07) is 22.4. The van der Waals surface area contributed by atoms with Crippen LogP contribution in [0, 0.1) is 0 Å². The van der Waals surface area contributed by atoms with Crippen LogP contribution in [0.25, 0.3) is 21.5 Å². The number of carboxylic acid groups (broad SMARTS) is 1. The molecule has 2 aliphatic heterocycles. The standard InChI is InChI=1S/C47H47N3O9S2.2Na/c1-7-49-38-22-16-30-14-20-34(60(54,55)56)27-36(30)43(38)46(3,4)40(49)24-9-29(11-26-42(51)48-33-18-12-32(13-19-33)45(52)53)10-25-41-47(5,6)44-37-28-35(61(57,58)59)21-15-31(37)17-23-39(44)50(41)8-2;;/h9-10,12-25,27-28H,7-8,11,26H2,1-6H3,(H3-,48,51,52,53,54,55,56,57,58,59);;/q;2*+1/p-2. The number of carboxylic acids is 1. The van der Waals surface area contributed by atoms with E-state index in [0.29, 0.717) is 36.0 Å². The van der Waals surface area contributed by atoms with Crippen LogP contribution in [-0.4, -0.2) is 61.2 Å². The van der Waals surface area contributed by atoms with E-state index in [0.717, 1.165) is 50.3 Å². The van der Waals surface area contributed by atoms with E-state index in [4.69, 9.17) is 0 Å². The van der Waals surface area contributed by atoms with Gasteiger partial charge < -0.3 is 29.2 Å². The van der Waals surface area contributed by atoms with Crippen molar-refractivity contribution in [2.24, 2.45) is 0 Å². The average molecular weight is 906 g/mol. The zero-order valence-corrected chi connectivity index (χ0v) is 42.2. The summed E-state index contributed by atoms with van der Waals surface area (Å²) < 4.78 is 74.6. The molecule has 0 saturated carbocycles. The van der Waals surface area contributed by atoms with Crippen molar-refractivity contribution in [3.63, 3.8) is 0 Å². The number of nitrogens with one attached hydrogen (secondary N) is 1. The fourth-order valence-corrected chi connectivity index (χ4v) is 9.88. The number of amides is 1. The molecule has 0 bridgehead atoms. The maximum Gasteiger partial charge on any atom is 1.00 e. The Morgan fingerprint density at radius 3 is 1.84 bits per heavy atom. The van der Waals surface area contributed by atoms with Gasteiger partial charge in [-0.3, -0.25) is 4.79 Å². The van der Waals surface area contributed by atoms with Gasteiger partial charge >= 0.3 is 59.1 Å². The number of aromatic carboxylic acids is 1. The molecule has 316 valence electrons. The largest absolute Gasteiger partial charge is 1.00 e. The number of allylic oxidation sites excluding steroid dienone is 6. The van der Waals surface area contributed by atoms with Gasteiger partial charge in [-0.15, -0.1) is 0 Å². The molecule has 5 aromatic rings. The van der Waals surface area contributed by atoms with Crippen molar-refractivity contribution >= 4 is 76.4 Å². The maximum atomic E-state index is 13.3. The normalized spacial score (nSPS) is 16.3. The van der Waals surface area contributed by atoms with Crippen LogP contribution in [-0.2, 0) is 35.9 Å². The quantitative estimate of drug-likeness (QED) is 0.0824. The summed E-state index contributed by atoms with van der Waals surface area (Å²) in [6.45, 7) is 13.4. The minimum atomic E-state index is -4.70. The molecule has 0 unspecified atom stereocenters. The zero-order chi connectivity index (χ0) is 44.2. The fourth-order valence-electron chi connectivity index (χ4n) is 8.88. The molecule has 0 saturated heterocycles. The van der Waals surface area contributed by atoms with Crippen LogP contribution in [0.1, 0.15) is 75.9 Å². The second-order valence-corrected chi connectivity index (χ2v) is 19.0. The number of carbonyl (C=O) groups excluding carboxylic acids is 2. The van der Waals surface area contributed by atoms with Gasteiger partial charge in [-0.05, 0) is 127 Å². The van der Waals surface area contributed by atoms with Crippen LogP contribution in [0.3, 0.4) is 0 Å². The molecule has 1 N–H and O–H groups in total. The number of anilines is 2. The number of benzene rings is 5. The van der Waals surface area contributed by atoms with Crippen molar-refractivity contribution < 1.29 is 104 Å². The molecule has 0 aliphatic carbocycles. The molecule has 16 heteroatoms. The van der Waals surface area contributed by atoms with Crippen molar-refractivity contribution in [3.8, 4) is 0 Å². The number of hydrogen-bond donors (Lipinski definition) is 1. The summed E-state index contributed by atoms with van der Waals surface area (Å²) in [4.78, 5) is 26.1. The van der Waals surface area contributed by atoms with Gasteiger partial charge in [0.25, 0.3) is 0 Å². The Bertz CT molecular complexity index is 3030. The van der Waals surface area contributed by atoms with E-state index in [1.165, 1.54) is 48.5 Å². The summed E-state index contributed by atoms with van der Waals surface area (Å²) in [5, 5.41) is 17.0. The number of likely N-dealkylation sites (N-methyl/N-ethyl adjacent to an activating group) is 1. The van der Waals surface area contributed by atoms with Crippen LogP contribution in [0.2, 0.25) is 0 Å². The molecular weight excluding hydrogens is 861 g/mol. The first-order chi connectivity index (χ1) is 28.7. The van der Waals surface area contributed by atoms with Crippen molar-refractivity contribution in [1.29, 1.82) is 0 Å². The first-order valence-electron chi connectivity index (χ1n) is 19.9. The van der Waals surface area contributed by atoms with E-state index in [-0.39, 0.29) is 86.8 Å². The SMILES string of the molecule is CCN1/C(=C/C=C(/C=C/C2=[N+](CC)c3ccc4ccc(S(=O)(=O)[O-])cc4c3C2(C)C)CCC(=O)Nc2ccc(C(=O)[O-])cc2)C(C)(C)c2c1ccc1ccc(S(=O)(=O)[O-])cc21.[Na+].[Na+]. The summed E-state index contributed by atoms with van der Waals surface area (Å²) in [5.74, 6) is -1.61. The van der Waals surface area contributed by atoms with Crippen LogP contribution in [0.15, 0.2) is 130 Å². The van der Waals surface area contributed by atoms with E-state index in [1.807, 2.05) is 62.4 Å². The molecule has 2 heterocycles. The van der Waals surface area contributed by atoms with Gasteiger partial charge in [0.05, 0.1) is 21.2 Å². The Hall–Kier alpha value is -3.93. The Kier molecular flexibility index (Phi) is 15.0. The topological polar surface area (TPSA) is 190 Å². The smallest absolute Gasteiger partial charge is 0.744 e. The second-order valence-electron chi connectivity index (χ2n) is 16.3. The van der Waals surface area contributed by atoms with Crippen LogP contribution >= 0.6 is 0 Å². The summed E-state index contributed by atoms with van der Waals surface area (Å²) in [7, 11) is -9.40. The molecule has 0 aromatic heterocycles. The minimum absolute atomic E-state index is 0. The Morgan fingerprint density at radius 1 is 0.746 bits per heavy atom. The molecule has 63 heavy (non-hydrogen) atoms. The molecule has 2 aliphatic rings. The van der Waals surface area contributed by atoms with Crippen molar-refractivity contribution in [2.45, 2.75) is 75.0 Å². The van der Waals surface area contributed by atoms with E-state index in [1.54, 1.807) is 12.1 Å². The molecular formula is C47H45N3Na2O9S2. The number of fused-ring (bicyclic) bond motifs is 6. The molecule has 12 nitrogen and oxygen atoms in total. The third-order valence-corrected chi connectivity index (χ3v) is 13.5. The van der Waals surface area contributed by atoms with Gasteiger partial charge in [-0.2, -0.15) is 4.58 Å². The van der Waals surface area contributed by atoms with Gasteiger partial charge in [-0.1, -0.05) is 56.3 Å². The summed E-state index contributed by atoms with van der Waals surface area (Å²) in [6.07, 6.45) is 8.33. The van der Waals surface area contributed by atoms with Crippen molar-refractivity contribution in [1.82, 2.24) is 0 Å². The first kappa shape index (κ1) is 50.1. The molecule has 0 atom stereocenters. The number of hydrogen-bond acceptors (Lipinski definition) is 10. The van der Waals surface area contributed by atoms with Gasteiger partial charge in [0, 0.05) is 53.2 Å². The third kappa shape index (κ3) is 9.72. The number of nitrogens with zero attached hydrogens (tertiary/aromatic N) is 2. The fraction of sp³-hybridized carbons (Fsp3) is 0.255. The van der Waals surface area contributed by atoms with Gasteiger partial charge in [0.2, 0.25) is 11.6 Å². The molecule has 1 amide bonds. The molecule has 7 rings (SSSR count). The van der Waals surface area contributed by atoms with Gasteiger partial charge in [0.15, 0.2) is 5.71 Å². The van der Waals surface area contributed by atoms with Gasteiger partial charge in [0.1, 0.15) is 26.8 Å².